The van der Waals surface area contributed by atoms with E-state index in [4.69, 9.17) is 17.2 Å². The summed E-state index contributed by atoms with van der Waals surface area (Å²) in [5.74, 6) is -2.78. The number of fused-ring (bicyclic) bond motifs is 1. The largest absolute Gasteiger partial charge is 0.370 e. The van der Waals surface area contributed by atoms with E-state index in [2.05, 4.69) is 25.9 Å². The molecule has 0 saturated heterocycles. The van der Waals surface area contributed by atoms with Crippen molar-refractivity contribution < 1.29 is 24.0 Å². The van der Waals surface area contributed by atoms with Gasteiger partial charge in [0.25, 0.3) is 0 Å². The van der Waals surface area contributed by atoms with Gasteiger partial charge < -0.3 is 33.2 Å². The van der Waals surface area contributed by atoms with E-state index in [-0.39, 0.29) is 60.8 Å². The number of carbonyl (C=O) groups is 5. The van der Waals surface area contributed by atoms with Crippen LogP contribution in [0.3, 0.4) is 0 Å². The van der Waals surface area contributed by atoms with Crippen LogP contribution in [0.2, 0.25) is 0 Å². The van der Waals surface area contributed by atoms with Crippen LogP contribution >= 0.6 is 11.3 Å². The monoisotopic (exact) mass is 662 g/mol. The molecule has 0 bridgehead atoms. The van der Waals surface area contributed by atoms with Gasteiger partial charge >= 0.3 is 0 Å². The molecule has 1 aliphatic carbocycles. The number of hydrogen-bond donors (Lipinski definition) is 6. The Morgan fingerprint density at radius 1 is 0.830 bits per heavy atom. The van der Waals surface area contributed by atoms with Crippen molar-refractivity contribution in [2.45, 2.75) is 75.9 Å². The van der Waals surface area contributed by atoms with Crippen molar-refractivity contribution in [3.63, 3.8) is 0 Å². The third kappa shape index (κ3) is 10.6. The molecular formula is C33H42N8O5S. The van der Waals surface area contributed by atoms with Crippen LogP contribution < -0.4 is 33.2 Å². The van der Waals surface area contributed by atoms with Gasteiger partial charge in [-0.2, -0.15) is 0 Å². The molecule has 1 fully saturated rings. The molecular weight excluding hydrogens is 620 g/mol. The quantitative estimate of drug-likeness (QED) is 0.0538. The first-order valence-corrected chi connectivity index (χ1v) is 16.6. The summed E-state index contributed by atoms with van der Waals surface area (Å²) in [5, 5.41) is 8.63. The lowest BCUT2D eigenvalue weighted by Crippen LogP contribution is -2.57. The zero-order valence-electron chi connectivity index (χ0n) is 26.2. The number of nitrogens with zero attached hydrogens (tertiary/aromatic N) is 2. The van der Waals surface area contributed by atoms with Gasteiger partial charge in [-0.1, -0.05) is 55.3 Å². The van der Waals surface area contributed by atoms with Gasteiger partial charge in [0.1, 0.15) is 12.1 Å². The number of thiazole rings is 1. The molecule has 0 unspecified atom stereocenters. The molecule has 1 aromatic heterocycles. The summed E-state index contributed by atoms with van der Waals surface area (Å²) in [7, 11) is 0. The second-order valence-corrected chi connectivity index (χ2v) is 12.7. The molecule has 1 saturated carbocycles. The van der Waals surface area contributed by atoms with Crippen molar-refractivity contribution in [2.24, 2.45) is 28.1 Å². The number of guanidine groups is 1. The van der Waals surface area contributed by atoms with E-state index in [9.17, 15) is 24.0 Å². The number of primary amides is 1. The van der Waals surface area contributed by atoms with E-state index in [1.54, 1.807) is 6.07 Å². The summed E-state index contributed by atoms with van der Waals surface area (Å²) in [4.78, 5) is 74.4. The number of benzene rings is 2. The van der Waals surface area contributed by atoms with E-state index in [0.717, 1.165) is 35.9 Å². The average molecular weight is 663 g/mol. The number of carbonyl (C=O) groups excluding carboxylic acids is 5. The third-order valence-electron chi connectivity index (χ3n) is 8.04. The fourth-order valence-electron chi connectivity index (χ4n) is 5.54. The van der Waals surface area contributed by atoms with Crippen LogP contribution in [0, 0.1) is 5.92 Å². The zero-order chi connectivity index (χ0) is 33.8. The lowest BCUT2D eigenvalue weighted by molar-refractivity contribution is -0.133. The Labute approximate surface area is 277 Å². The van der Waals surface area contributed by atoms with Gasteiger partial charge in [-0.3, -0.25) is 29.0 Å². The highest BCUT2D eigenvalue weighted by Crippen LogP contribution is 2.25. The Morgan fingerprint density at radius 3 is 2.17 bits per heavy atom. The van der Waals surface area contributed by atoms with E-state index in [0.29, 0.717) is 11.9 Å². The molecule has 1 heterocycles. The molecule has 1 aliphatic rings. The minimum atomic E-state index is -1.12. The molecule has 250 valence electrons. The molecule has 0 radical (unpaired) electrons. The Kier molecular flexibility index (Phi) is 12.8. The fourth-order valence-corrected chi connectivity index (χ4v) is 6.50. The minimum absolute atomic E-state index is 0.0250. The average Bonchev–Trinajstić information content (AvgIpc) is 3.75. The molecule has 9 N–H and O–H groups in total. The fraction of sp³-hybridized carbons (Fsp3) is 0.424. The van der Waals surface area contributed by atoms with Crippen molar-refractivity contribution in [1.29, 1.82) is 0 Å². The molecule has 3 atom stereocenters. The van der Waals surface area contributed by atoms with Crippen LogP contribution in [0.5, 0.6) is 0 Å². The molecule has 47 heavy (non-hydrogen) atoms. The van der Waals surface area contributed by atoms with E-state index < -0.39 is 35.8 Å². The van der Waals surface area contributed by atoms with E-state index >= 15 is 0 Å². The minimum Gasteiger partial charge on any atom is -0.370 e. The molecule has 4 amide bonds. The second-order valence-electron chi connectivity index (χ2n) is 11.7. The maximum absolute atomic E-state index is 13.9. The smallest absolute Gasteiger partial charge is 0.243 e. The number of para-hydroxylation sites is 1. The highest BCUT2D eigenvalue weighted by atomic mass is 32.1. The first-order chi connectivity index (χ1) is 22.6. The van der Waals surface area contributed by atoms with Crippen LogP contribution in [0.1, 0.15) is 66.7 Å². The molecule has 13 nitrogen and oxygen atoms in total. The van der Waals surface area contributed by atoms with Crippen molar-refractivity contribution in [3.05, 3.63) is 65.2 Å². The van der Waals surface area contributed by atoms with Crippen molar-refractivity contribution in [3.8, 4) is 0 Å². The summed E-state index contributed by atoms with van der Waals surface area (Å²) >= 11 is 1.23. The van der Waals surface area contributed by atoms with Crippen LogP contribution in [0.25, 0.3) is 10.2 Å². The highest BCUT2D eigenvalue weighted by molar-refractivity contribution is 7.20. The van der Waals surface area contributed by atoms with Crippen LogP contribution in [0.4, 0.5) is 0 Å². The van der Waals surface area contributed by atoms with Crippen molar-refractivity contribution in [2.75, 3.05) is 6.54 Å². The predicted molar refractivity (Wildman–Crippen MR) is 180 cm³/mol. The van der Waals surface area contributed by atoms with Gasteiger partial charge in [0.05, 0.1) is 16.3 Å². The Hall–Kier alpha value is -4.85. The maximum Gasteiger partial charge on any atom is 0.243 e. The van der Waals surface area contributed by atoms with E-state index in [1.165, 1.54) is 11.3 Å². The SMILES string of the molecule is NC(=O)CC[C@H](NC(=O)C1CCCC1)C(=O)N[C@@H](Cc1ccccc1)C(=O)N[C@@H](CCCN=C(N)N)C(=O)c1nc2ccccc2s1. The van der Waals surface area contributed by atoms with Crippen molar-refractivity contribution in [1.82, 2.24) is 20.9 Å². The summed E-state index contributed by atoms with van der Waals surface area (Å²) < 4.78 is 0.831. The normalized spacial score (nSPS) is 14.9. The molecule has 4 rings (SSSR count). The predicted octanol–water partition coefficient (Wildman–Crippen LogP) is 1.69. The van der Waals surface area contributed by atoms with Gasteiger partial charge in [-0.15, -0.1) is 11.3 Å². The van der Waals surface area contributed by atoms with Gasteiger partial charge in [-0.05, 0) is 49.8 Å². The number of hydrogen-bond acceptors (Lipinski definition) is 8. The summed E-state index contributed by atoms with van der Waals surface area (Å²) in [6, 6.07) is 13.3. The Bertz CT molecular complexity index is 1550. The number of aliphatic imine (C=N–C) groups is 1. The van der Waals surface area contributed by atoms with Gasteiger partial charge in [0.15, 0.2) is 11.0 Å². The first-order valence-electron chi connectivity index (χ1n) is 15.8. The molecule has 3 aromatic rings. The number of amides is 4. The van der Waals surface area contributed by atoms with Crippen molar-refractivity contribution >= 4 is 56.9 Å². The summed E-state index contributed by atoms with van der Waals surface area (Å²) in [6.07, 6.45) is 3.85. The Balaban J connectivity index is 1.56. The summed E-state index contributed by atoms with van der Waals surface area (Å²) in [5.41, 5.74) is 17.7. The van der Waals surface area contributed by atoms with Crippen LogP contribution in [0.15, 0.2) is 59.6 Å². The number of aromatic nitrogens is 1. The molecule has 2 aromatic carbocycles. The number of Topliss-reactive ketones (excluding diaryl/α,β-unsaturated/α-hetero) is 1. The lowest BCUT2D eigenvalue weighted by Gasteiger charge is -2.25. The number of ketones is 1. The highest BCUT2D eigenvalue weighted by Gasteiger charge is 2.32. The second kappa shape index (κ2) is 17.2. The van der Waals surface area contributed by atoms with E-state index in [1.807, 2.05) is 48.5 Å². The number of nitrogens with one attached hydrogen (secondary N) is 3. The Morgan fingerprint density at radius 2 is 1.49 bits per heavy atom. The topological polar surface area (TPSA) is 225 Å². The number of nitrogens with two attached hydrogens (primary N) is 3. The third-order valence-corrected chi connectivity index (χ3v) is 9.09. The summed E-state index contributed by atoms with van der Waals surface area (Å²) in [6.45, 7) is 0.244. The van der Waals surface area contributed by atoms with Gasteiger partial charge in [0.2, 0.25) is 29.4 Å². The lowest BCUT2D eigenvalue weighted by atomic mass is 10.0. The molecule has 0 spiro atoms. The zero-order valence-corrected chi connectivity index (χ0v) is 27.0. The number of rotatable bonds is 17. The maximum atomic E-state index is 13.9. The van der Waals surface area contributed by atoms with Gasteiger partial charge in [0, 0.05) is 25.3 Å². The van der Waals surface area contributed by atoms with Crippen LogP contribution in [-0.2, 0) is 25.6 Å². The molecule has 0 aliphatic heterocycles. The standard InChI is InChI=1S/C33H42N8O5S/c34-27(42)17-16-24(39-29(44)21-11-4-5-12-21)30(45)40-25(19-20-9-2-1-3-10-20)31(46)38-23(14-8-18-37-33(35)36)28(43)32-41-22-13-6-7-15-26(22)47-32/h1-3,6-7,9-10,13,15,21,23-25H,4-5,8,11-12,14,16-19H2,(H2,34,42)(H,38,46)(H,39,44)(H,40,45)(H4,35,36,37)/t23-,24-,25-/m0/s1. The van der Waals surface area contributed by atoms with Gasteiger partial charge in [-0.25, -0.2) is 4.98 Å². The molecule has 14 heteroatoms. The first kappa shape index (κ1) is 35.0. The van der Waals surface area contributed by atoms with Crippen LogP contribution in [-0.4, -0.2) is 65.0 Å².